The topological polar surface area (TPSA) is 105 Å². The highest BCUT2D eigenvalue weighted by Crippen LogP contribution is 2.31. The summed E-state index contributed by atoms with van der Waals surface area (Å²) in [5, 5.41) is 3.42. The van der Waals surface area contributed by atoms with Crippen molar-refractivity contribution in [3.05, 3.63) is 59.0 Å². The van der Waals surface area contributed by atoms with Crippen LogP contribution in [0.3, 0.4) is 0 Å². The molecule has 1 saturated heterocycles. The number of aryl methyl sites for hydroxylation is 1. The summed E-state index contributed by atoms with van der Waals surface area (Å²) in [4.78, 5) is 33.4. The van der Waals surface area contributed by atoms with Crippen LogP contribution in [0.25, 0.3) is 11.1 Å². The van der Waals surface area contributed by atoms with Gasteiger partial charge in [-0.15, -0.1) is 0 Å². The molecule has 8 heteroatoms. The SMILES string of the molecule is Cc1ccc2c(NC(=O)N3CC[C@@H](N4CCc5ccccc5C4)C3)c(C(N)=O)oc2n1. The number of anilines is 1. The molecule has 0 aliphatic carbocycles. The summed E-state index contributed by atoms with van der Waals surface area (Å²) in [6.07, 6.45) is 1.96. The van der Waals surface area contributed by atoms with Gasteiger partial charge in [0.25, 0.3) is 5.91 Å². The minimum atomic E-state index is -0.739. The third kappa shape index (κ3) is 3.63. The zero-order valence-corrected chi connectivity index (χ0v) is 17.4. The van der Waals surface area contributed by atoms with Gasteiger partial charge >= 0.3 is 6.03 Å². The predicted octanol–water partition coefficient (Wildman–Crippen LogP) is 2.90. The standard InChI is InChI=1S/C23H25N5O3/c1-14-6-7-18-19(20(21(24)29)31-22(18)25-14)26-23(30)28-11-9-17(13-28)27-10-8-15-4-2-3-5-16(15)12-27/h2-7,17H,8-13H2,1H3,(H2,24,29)(H,26,30)/t17-/m1/s1. The number of urea groups is 1. The molecule has 1 atom stereocenters. The second kappa shape index (κ2) is 7.70. The molecule has 2 aliphatic rings. The van der Waals surface area contributed by atoms with E-state index in [0.717, 1.165) is 31.6 Å². The van der Waals surface area contributed by atoms with E-state index in [4.69, 9.17) is 10.2 Å². The predicted molar refractivity (Wildman–Crippen MR) is 117 cm³/mol. The number of carbonyl (C=O) groups excluding carboxylic acids is 2. The van der Waals surface area contributed by atoms with Gasteiger partial charge in [-0.1, -0.05) is 24.3 Å². The second-order valence-corrected chi connectivity index (χ2v) is 8.28. The van der Waals surface area contributed by atoms with E-state index in [2.05, 4.69) is 39.5 Å². The van der Waals surface area contributed by atoms with Crippen LogP contribution in [-0.2, 0) is 13.0 Å². The number of nitrogens with two attached hydrogens (primary N) is 1. The Labute approximate surface area is 180 Å². The molecule has 4 heterocycles. The molecule has 3 aromatic rings. The van der Waals surface area contributed by atoms with E-state index in [-0.39, 0.29) is 23.2 Å². The lowest BCUT2D eigenvalue weighted by atomic mass is 9.98. The highest BCUT2D eigenvalue weighted by atomic mass is 16.4. The number of rotatable bonds is 3. The van der Waals surface area contributed by atoms with Gasteiger partial charge in [-0.2, -0.15) is 0 Å². The van der Waals surface area contributed by atoms with E-state index in [1.165, 1.54) is 11.1 Å². The molecule has 160 valence electrons. The maximum Gasteiger partial charge on any atom is 0.322 e. The van der Waals surface area contributed by atoms with Crippen molar-refractivity contribution in [3.63, 3.8) is 0 Å². The molecule has 2 aliphatic heterocycles. The van der Waals surface area contributed by atoms with Crippen molar-refractivity contribution in [2.45, 2.75) is 32.4 Å². The summed E-state index contributed by atoms with van der Waals surface area (Å²) >= 11 is 0. The van der Waals surface area contributed by atoms with Gasteiger partial charge in [-0.3, -0.25) is 9.69 Å². The number of benzene rings is 1. The lowest BCUT2D eigenvalue weighted by Gasteiger charge is -2.33. The van der Waals surface area contributed by atoms with Gasteiger partial charge < -0.3 is 20.4 Å². The smallest absolute Gasteiger partial charge is 0.322 e. The molecule has 0 bridgehead atoms. The van der Waals surface area contributed by atoms with E-state index in [0.29, 0.717) is 24.5 Å². The van der Waals surface area contributed by atoms with Gasteiger partial charge in [0.2, 0.25) is 11.5 Å². The van der Waals surface area contributed by atoms with Crippen LogP contribution in [0.2, 0.25) is 0 Å². The van der Waals surface area contributed by atoms with Crippen LogP contribution < -0.4 is 11.1 Å². The van der Waals surface area contributed by atoms with Crippen molar-refractivity contribution in [1.82, 2.24) is 14.8 Å². The number of nitrogens with one attached hydrogen (secondary N) is 1. The summed E-state index contributed by atoms with van der Waals surface area (Å²) in [5.41, 5.74) is 9.59. The van der Waals surface area contributed by atoms with E-state index in [1.54, 1.807) is 17.0 Å². The van der Waals surface area contributed by atoms with E-state index in [1.807, 2.05) is 6.92 Å². The van der Waals surface area contributed by atoms with E-state index >= 15 is 0 Å². The first kappa shape index (κ1) is 19.6. The van der Waals surface area contributed by atoms with Crippen LogP contribution >= 0.6 is 0 Å². The summed E-state index contributed by atoms with van der Waals surface area (Å²) in [6.45, 7) is 5.05. The number of furan rings is 1. The van der Waals surface area contributed by atoms with E-state index < -0.39 is 5.91 Å². The first-order valence-corrected chi connectivity index (χ1v) is 10.6. The van der Waals surface area contributed by atoms with Gasteiger partial charge in [-0.25, -0.2) is 9.78 Å². The maximum absolute atomic E-state index is 13.0. The summed E-state index contributed by atoms with van der Waals surface area (Å²) < 4.78 is 5.53. The molecule has 3 N–H and O–H groups in total. The highest BCUT2D eigenvalue weighted by molar-refractivity contribution is 6.09. The Kier molecular flexibility index (Phi) is 4.86. The Morgan fingerprint density at radius 2 is 1.97 bits per heavy atom. The molecule has 8 nitrogen and oxygen atoms in total. The van der Waals surface area contributed by atoms with Crippen LogP contribution in [0, 0.1) is 6.92 Å². The van der Waals surface area contributed by atoms with Crippen molar-refractivity contribution >= 4 is 28.7 Å². The lowest BCUT2D eigenvalue weighted by Crippen LogP contribution is -2.42. The quantitative estimate of drug-likeness (QED) is 0.679. The fraction of sp³-hybridized carbons (Fsp3) is 0.348. The zero-order chi connectivity index (χ0) is 21.5. The van der Waals surface area contributed by atoms with Crippen molar-refractivity contribution in [2.24, 2.45) is 5.73 Å². The van der Waals surface area contributed by atoms with Crippen LogP contribution in [-0.4, -0.2) is 52.4 Å². The van der Waals surface area contributed by atoms with Crippen molar-refractivity contribution in [3.8, 4) is 0 Å². The fourth-order valence-corrected chi connectivity index (χ4v) is 4.61. The number of aromatic nitrogens is 1. The van der Waals surface area contributed by atoms with Gasteiger partial charge in [0.15, 0.2) is 0 Å². The normalized spacial score (nSPS) is 18.9. The number of carbonyl (C=O) groups is 2. The summed E-state index contributed by atoms with van der Waals surface area (Å²) in [6, 6.07) is 12.2. The van der Waals surface area contributed by atoms with Crippen LogP contribution in [0.5, 0.6) is 0 Å². The Morgan fingerprint density at radius 3 is 2.77 bits per heavy atom. The molecule has 0 saturated carbocycles. The first-order chi connectivity index (χ1) is 15.0. The minimum absolute atomic E-state index is 0.0789. The Balaban J connectivity index is 1.30. The molecule has 1 aromatic carbocycles. The molecular formula is C23H25N5O3. The number of likely N-dealkylation sites (tertiary alicyclic amines) is 1. The second-order valence-electron chi connectivity index (χ2n) is 8.28. The van der Waals surface area contributed by atoms with Gasteiger partial charge in [0, 0.05) is 37.9 Å². The highest BCUT2D eigenvalue weighted by Gasteiger charge is 2.33. The number of hydrogen-bond acceptors (Lipinski definition) is 5. The summed E-state index contributed by atoms with van der Waals surface area (Å²) in [7, 11) is 0. The average molecular weight is 419 g/mol. The molecular weight excluding hydrogens is 394 g/mol. The number of primary amides is 1. The number of hydrogen-bond donors (Lipinski definition) is 2. The minimum Gasteiger partial charge on any atom is -0.430 e. The molecule has 31 heavy (non-hydrogen) atoms. The van der Waals surface area contributed by atoms with Gasteiger partial charge in [-0.05, 0) is 43.0 Å². The molecule has 3 amide bonds. The van der Waals surface area contributed by atoms with Crippen LogP contribution in [0.15, 0.2) is 40.8 Å². The largest absolute Gasteiger partial charge is 0.430 e. The first-order valence-electron chi connectivity index (χ1n) is 10.6. The van der Waals surface area contributed by atoms with Crippen molar-refractivity contribution < 1.29 is 14.0 Å². The third-order valence-corrected chi connectivity index (χ3v) is 6.28. The van der Waals surface area contributed by atoms with Gasteiger partial charge in [0.1, 0.15) is 5.69 Å². The molecule has 1 fully saturated rings. The monoisotopic (exact) mass is 419 g/mol. The van der Waals surface area contributed by atoms with E-state index in [9.17, 15) is 9.59 Å². The average Bonchev–Trinajstić information content (AvgIpc) is 3.39. The molecule has 0 spiro atoms. The maximum atomic E-state index is 13.0. The lowest BCUT2D eigenvalue weighted by molar-refractivity contribution is 0.0977. The summed E-state index contributed by atoms with van der Waals surface area (Å²) in [5.74, 6) is -0.818. The fourth-order valence-electron chi connectivity index (χ4n) is 4.61. The Bertz CT molecular complexity index is 1170. The number of amides is 3. The molecule has 2 aromatic heterocycles. The van der Waals surface area contributed by atoms with Gasteiger partial charge in [0.05, 0.1) is 5.39 Å². The molecule has 0 radical (unpaired) electrons. The molecule has 0 unspecified atom stereocenters. The molecule has 5 rings (SSSR count). The number of nitrogens with zero attached hydrogens (tertiary/aromatic N) is 3. The zero-order valence-electron chi connectivity index (χ0n) is 17.4. The number of pyridine rings is 1. The van der Waals surface area contributed by atoms with Crippen LogP contribution in [0.1, 0.15) is 33.8 Å². The van der Waals surface area contributed by atoms with Crippen LogP contribution in [0.4, 0.5) is 10.5 Å². The van der Waals surface area contributed by atoms with Crippen molar-refractivity contribution in [1.29, 1.82) is 0 Å². The number of fused-ring (bicyclic) bond motifs is 2. The Hall–Kier alpha value is -3.39. The van der Waals surface area contributed by atoms with Crippen molar-refractivity contribution in [2.75, 3.05) is 25.0 Å². The third-order valence-electron chi connectivity index (χ3n) is 6.28. The Morgan fingerprint density at radius 1 is 1.16 bits per heavy atom.